The zero-order chi connectivity index (χ0) is 53.9. The Bertz CT molecular complexity index is 2870. The maximum Gasteiger partial charge on any atom is 0.261 e. The molecule has 5 aromatic carbocycles. The Labute approximate surface area is 463 Å². The minimum Gasteiger partial charge on any atom is -0.493 e. The summed E-state index contributed by atoms with van der Waals surface area (Å²) in [5.41, 5.74) is 9.66. The molecule has 0 aromatic heterocycles. The summed E-state index contributed by atoms with van der Waals surface area (Å²) in [5.74, 6) is 2.07. The zero-order valence-electron chi connectivity index (χ0n) is 44.0. The van der Waals surface area contributed by atoms with Crippen LogP contribution in [0.25, 0.3) is 0 Å². The lowest BCUT2D eigenvalue weighted by Gasteiger charge is -2.34. The molecule has 77 heavy (non-hydrogen) atoms. The van der Waals surface area contributed by atoms with Gasteiger partial charge in [-0.15, -0.1) is 0 Å². The molecular weight excluding hydrogens is 1040 g/mol. The molecule has 0 saturated heterocycles. The molecule has 0 fully saturated rings. The number of nitrogens with zero attached hydrogens (tertiary/aromatic N) is 5. The number of carbonyl (C=O) groups excluding carboxylic acids is 3. The van der Waals surface area contributed by atoms with Crippen molar-refractivity contribution < 1.29 is 47.5 Å². The van der Waals surface area contributed by atoms with Gasteiger partial charge < -0.3 is 43.4 Å². The highest BCUT2D eigenvalue weighted by atomic mass is 33.1. The van der Waals surface area contributed by atoms with Crippen molar-refractivity contribution in [2.45, 2.75) is 69.6 Å². The first-order valence-electron chi connectivity index (χ1n) is 25.6. The molecule has 4 aliphatic rings. The number of hydrogen-bond donors (Lipinski definition) is 1. The molecular formula is C58H64N6O10S3. The van der Waals surface area contributed by atoms with Crippen molar-refractivity contribution >= 4 is 97.9 Å². The van der Waals surface area contributed by atoms with Gasteiger partial charge in [-0.2, -0.15) is 0 Å². The van der Waals surface area contributed by atoms with Gasteiger partial charge in [0.25, 0.3) is 11.8 Å². The number of benzene rings is 5. The summed E-state index contributed by atoms with van der Waals surface area (Å²) in [6, 6.07) is 28.7. The lowest BCUT2D eigenvalue weighted by molar-refractivity contribution is -0.119. The van der Waals surface area contributed by atoms with Crippen LogP contribution in [0.1, 0.15) is 69.7 Å². The fourth-order valence-electron chi connectivity index (χ4n) is 9.85. The Morgan fingerprint density at radius 2 is 1.26 bits per heavy atom. The molecule has 0 spiro atoms. The topological polar surface area (TPSA) is 162 Å². The second-order valence-corrected chi connectivity index (χ2v) is 22.8. The number of anilines is 3. The number of hydrogen-bond acceptors (Lipinski definition) is 16. The number of carbonyl (C=O) groups is 3. The molecule has 4 heterocycles. The van der Waals surface area contributed by atoms with Gasteiger partial charge in [0.15, 0.2) is 23.0 Å². The molecule has 16 nitrogen and oxygen atoms in total. The normalized spacial score (nSPS) is 15.9. The summed E-state index contributed by atoms with van der Waals surface area (Å²) in [4.78, 5) is 56.1. The van der Waals surface area contributed by atoms with Gasteiger partial charge in [0, 0.05) is 91.6 Å². The van der Waals surface area contributed by atoms with Crippen LogP contribution in [-0.4, -0.2) is 126 Å². The summed E-state index contributed by atoms with van der Waals surface area (Å²) < 4.78 is 41.8. The fraction of sp³-hybridized carbons (Fsp3) is 0.379. The highest BCUT2D eigenvalue weighted by Crippen LogP contribution is 2.44. The lowest BCUT2D eigenvalue weighted by Crippen LogP contribution is -2.38. The van der Waals surface area contributed by atoms with E-state index in [1.165, 1.54) is 5.49 Å². The molecule has 1 N–H and O–H groups in total. The van der Waals surface area contributed by atoms with Crippen LogP contribution in [0.15, 0.2) is 101 Å². The molecule has 3 amide bonds. The van der Waals surface area contributed by atoms with E-state index in [4.69, 9.17) is 55.4 Å². The lowest BCUT2D eigenvalue weighted by atomic mass is 10.1. The van der Waals surface area contributed by atoms with Crippen LogP contribution in [-0.2, 0) is 45.1 Å². The third-order valence-corrected chi connectivity index (χ3v) is 16.9. The van der Waals surface area contributed by atoms with E-state index >= 15 is 0 Å². The van der Waals surface area contributed by atoms with E-state index in [1.54, 1.807) is 67.2 Å². The van der Waals surface area contributed by atoms with E-state index in [0.29, 0.717) is 117 Å². The molecule has 19 heteroatoms. The number of rotatable bonds is 27. The van der Waals surface area contributed by atoms with Crippen LogP contribution in [0.4, 0.5) is 28.4 Å². The minimum absolute atomic E-state index is 0.0874. The fourth-order valence-corrected chi connectivity index (χ4v) is 12.6. The van der Waals surface area contributed by atoms with E-state index in [1.807, 2.05) is 76.8 Å². The monoisotopic (exact) mass is 1100 g/mol. The van der Waals surface area contributed by atoms with E-state index in [-0.39, 0.29) is 47.8 Å². The van der Waals surface area contributed by atoms with Crippen LogP contribution in [0.5, 0.6) is 23.0 Å². The first-order valence-corrected chi connectivity index (χ1v) is 28.4. The number of thiocarbonyl (C=S) groups is 1. The van der Waals surface area contributed by atoms with Crippen LogP contribution < -0.4 is 39.0 Å². The van der Waals surface area contributed by atoms with Crippen molar-refractivity contribution in [3.8, 4) is 23.0 Å². The van der Waals surface area contributed by atoms with Crippen molar-refractivity contribution in [1.29, 1.82) is 0 Å². The van der Waals surface area contributed by atoms with Gasteiger partial charge in [-0.3, -0.25) is 34.2 Å². The van der Waals surface area contributed by atoms with Crippen molar-refractivity contribution in [2.75, 3.05) is 87.9 Å². The predicted octanol–water partition coefficient (Wildman–Crippen LogP) is 9.94. The van der Waals surface area contributed by atoms with Gasteiger partial charge >= 0.3 is 0 Å². The standard InChI is InChI=1S/C58H64N6O10S3/c1-58(2,77-76-22-10-15-55(65)61-37-75)36-62(16-17-71-20-21-72-19-18-68-3)42-24-38(34-73-53-30-47-45(28-51(53)69-4)56(66)63-43(32-59-47)26-40-11-6-8-13-49(40)63)23-39(25-42)35-74-54-31-48-46(29-52(54)70-5)57(67)64-44(33-60-48)27-41-12-7-9-14-50(41)64/h6-9,11-14,23-25,28-33,37,43-44H,10,15-22,26-27,34-36H2,1-5H3,(H,61,65,75)/t43-,44-/m0/s1. The Kier molecular flexibility index (Phi) is 18.5. The summed E-state index contributed by atoms with van der Waals surface area (Å²) >= 11 is 4.79. The number of ether oxygens (including phenoxy) is 7. The third kappa shape index (κ3) is 13.3. The van der Waals surface area contributed by atoms with Crippen LogP contribution in [0, 0.1) is 0 Å². The molecule has 9 rings (SSSR count). The number of amides is 3. The molecule has 0 aliphatic carbocycles. The average molecular weight is 1100 g/mol. The number of para-hydroxylation sites is 2. The van der Waals surface area contributed by atoms with Crippen LogP contribution in [0.2, 0.25) is 0 Å². The van der Waals surface area contributed by atoms with Gasteiger partial charge in [-0.1, -0.05) is 70.2 Å². The zero-order valence-corrected chi connectivity index (χ0v) is 46.4. The maximum atomic E-state index is 14.2. The molecule has 2 atom stereocenters. The SMILES string of the molecule is COCCOCCOCCN(CC(C)(C)SSCCCC(=O)NC=S)c1cc(COc2cc3c(cc2OC)C(=O)N2c4ccccc4C[C@H]2C=N3)cc(COc2cc3c(cc2OC)C(=O)N2c4ccccc4C[C@H]2C=N3)c1. The highest BCUT2D eigenvalue weighted by Gasteiger charge is 2.38. The number of nitrogens with one attached hydrogen (secondary N) is 1. The smallest absolute Gasteiger partial charge is 0.261 e. The Morgan fingerprint density at radius 3 is 1.79 bits per heavy atom. The molecule has 0 unspecified atom stereocenters. The molecule has 0 radical (unpaired) electrons. The number of aliphatic imine (C=N–C) groups is 2. The van der Waals surface area contributed by atoms with E-state index in [9.17, 15) is 14.4 Å². The highest BCUT2D eigenvalue weighted by molar-refractivity contribution is 8.77. The Balaban J connectivity index is 1.000. The number of methoxy groups -OCH3 is 3. The second-order valence-electron chi connectivity index (χ2n) is 19.4. The molecule has 404 valence electrons. The third-order valence-electron chi connectivity index (χ3n) is 13.5. The molecule has 4 aliphatic heterocycles. The first kappa shape index (κ1) is 55.3. The largest absolute Gasteiger partial charge is 0.493 e. The first-order chi connectivity index (χ1) is 37.5. The van der Waals surface area contributed by atoms with Crippen LogP contribution >= 0.6 is 33.8 Å². The summed E-state index contributed by atoms with van der Waals surface area (Å²) in [6.45, 7) is 8.14. The second kappa shape index (κ2) is 25.8. The molecule has 0 saturated carbocycles. The van der Waals surface area contributed by atoms with Crippen molar-refractivity contribution in [1.82, 2.24) is 5.32 Å². The molecule has 5 aromatic rings. The summed E-state index contributed by atoms with van der Waals surface area (Å²) in [6.07, 6.45) is 6.16. The van der Waals surface area contributed by atoms with Gasteiger partial charge in [-0.25, -0.2) is 0 Å². The van der Waals surface area contributed by atoms with Crippen molar-refractivity contribution in [3.05, 3.63) is 124 Å². The van der Waals surface area contributed by atoms with Crippen molar-refractivity contribution in [3.63, 3.8) is 0 Å². The van der Waals surface area contributed by atoms with E-state index in [0.717, 1.165) is 45.1 Å². The quantitative estimate of drug-likeness (QED) is 0.0300. The van der Waals surface area contributed by atoms with E-state index in [2.05, 4.69) is 36.2 Å². The van der Waals surface area contributed by atoms with Gasteiger partial charge in [-0.05, 0) is 85.0 Å². The summed E-state index contributed by atoms with van der Waals surface area (Å²) in [5, 5.41) is 2.58. The van der Waals surface area contributed by atoms with Gasteiger partial charge in [0.05, 0.1) is 87.3 Å². The Morgan fingerprint density at radius 1 is 0.727 bits per heavy atom. The van der Waals surface area contributed by atoms with Gasteiger partial charge in [0.2, 0.25) is 5.91 Å². The summed E-state index contributed by atoms with van der Waals surface area (Å²) in [7, 11) is 8.27. The minimum atomic E-state index is -0.262. The predicted molar refractivity (Wildman–Crippen MR) is 310 cm³/mol. The molecule has 0 bridgehead atoms. The van der Waals surface area contributed by atoms with Crippen molar-refractivity contribution in [2.24, 2.45) is 9.98 Å². The Hall–Kier alpha value is -6.48. The van der Waals surface area contributed by atoms with Crippen LogP contribution in [0.3, 0.4) is 0 Å². The number of fused-ring (bicyclic) bond motifs is 8. The van der Waals surface area contributed by atoms with Gasteiger partial charge in [0.1, 0.15) is 13.2 Å². The maximum absolute atomic E-state index is 14.2. The average Bonchev–Trinajstić information content (AvgIpc) is 4.00. The van der Waals surface area contributed by atoms with E-state index < -0.39 is 0 Å².